The molecule has 2 aromatic heterocycles. The maximum absolute atomic E-state index is 11.5. The van der Waals surface area contributed by atoms with Gasteiger partial charge in [-0.2, -0.15) is 4.98 Å². The molecule has 0 spiro atoms. The van der Waals surface area contributed by atoms with Crippen LogP contribution in [-0.4, -0.2) is 35.5 Å². The number of nitrogens with two attached hydrogens (primary N) is 1. The Hall–Kier alpha value is -1.89. The van der Waals surface area contributed by atoms with Crippen LogP contribution in [0.5, 0.6) is 0 Å². The van der Waals surface area contributed by atoms with E-state index in [0.29, 0.717) is 12.5 Å². The first kappa shape index (κ1) is 14.1. The molecule has 0 radical (unpaired) electrons. The van der Waals surface area contributed by atoms with Crippen LogP contribution in [0, 0.1) is 5.92 Å². The molecule has 2 aromatic rings. The number of nitrogens with zero attached hydrogens (tertiary/aromatic N) is 3. The summed E-state index contributed by atoms with van der Waals surface area (Å²) < 4.78 is 0. The maximum Gasteiger partial charge on any atom is 0.226 e. The van der Waals surface area contributed by atoms with Crippen LogP contribution in [0.1, 0.15) is 19.8 Å². The minimum absolute atomic E-state index is 0.0926. The van der Waals surface area contributed by atoms with Gasteiger partial charge in [-0.25, -0.2) is 4.98 Å². The summed E-state index contributed by atoms with van der Waals surface area (Å²) in [5.74, 6) is 1.24. The lowest BCUT2D eigenvalue weighted by Crippen LogP contribution is -2.41. The molecule has 7 heteroatoms. The molecule has 1 atom stereocenters. The highest BCUT2D eigenvalue weighted by Gasteiger charge is 2.26. The van der Waals surface area contributed by atoms with Crippen LogP contribution in [-0.2, 0) is 4.79 Å². The van der Waals surface area contributed by atoms with E-state index in [-0.39, 0.29) is 11.8 Å². The van der Waals surface area contributed by atoms with Crippen LogP contribution in [0.4, 0.5) is 11.8 Å². The van der Waals surface area contributed by atoms with E-state index in [1.54, 1.807) is 11.3 Å². The van der Waals surface area contributed by atoms with Crippen molar-refractivity contribution in [3.8, 4) is 0 Å². The molecule has 3 rings (SSSR count). The number of carbonyl (C=O) groups is 1. The first-order chi connectivity index (χ1) is 10.2. The van der Waals surface area contributed by atoms with Gasteiger partial charge in [0.25, 0.3) is 0 Å². The summed E-state index contributed by atoms with van der Waals surface area (Å²) in [7, 11) is 0. The number of nitrogens with one attached hydrogen (secondary N) is 1. The molecule has 21 heavy (non-hydrogen) atoms. The highest BCUT2D eigenvalue weighted by Crippen LogP contribution is 2.31. The molecule has 1 aliphatic rings. The minimum atomic E-state index is -0.220. The van der Waals surface area contributed by atoms with Crippen molar-refractivity contribution in [3.05, 3.63) is 11.4 Å². The SMILES string of the molecule is CCNc1nc(N2CCCC(C(N)=O)C2)c2ccsc2n1. The van der Waals surface area contributed by atoms with Crippen LogP contribution in [0.15, 0.2) is 11.4 Å². The first-order valence-electron chi connectivity index (χ1n) is 7.22. The normalized spacial score (nSPS) is 18.9. The summed E-state index contributed by atoms with van der Waals surface area (Å²) >= 11 is 1.60. The molecule has 0 aromatic carbocycles. The number of carbonyl (C=O) groups excluding carboxylic acids is 1. The van der Waals surface area contributed by atoms with Crippen LogP contribution >= 0.6 is 11.3 Å². The van der Waals surface area contributed by atoms with E-state index in [1.807, 2.05) is 18.4 Å². The lowest BCUT2D eigenvalue weighted by atomic mass is 9.97. The van der Waals surface area contributed by atoms with E-state index in [9.17, 15) is 4.79 Å². The number of thiophene rings is 1. The van der Waals surface area contributed by atoms with Crippen molar-refractivity contribution in [1.29, 1.82) is 0 Å². The standard InChI is InChI=1S/C14H19N5OS/c1-2-16-14-17-12(10-5-7-21-13(10)18-14)19-6-3-4-9(8-19)11(15)20/h5,7,9H,2-4,6,8H2,1H3,(H2,15,20)(H,16,17,18). The van der Waals surface area contributed by atoms with Crippen molar-refractivity contribution >= 4 is 39.2 Å². The van der Waals surface area contributed by atoms with Gasteiger partial charge in [-0.3, -0.25) is 4.79 Å². The maximum atomic E-state index is 11.5. The second-order valence-corrected chi connectivity index (χ2v) is 6.12. The third-order valence-corrected chi connectivity index (χ3v) is 4.57. The Kier molecular flexibility index (Phi) is 3.92. The fraction of sp³-hybridized carbons (Fsp3) is 0.500. The van der Waals surface area contributed by atoms with Gasteiger partial charge in [0.15, 0.2) is 0 Å². The number of primary amides is 1. The zero-order chi connectivity index (χ0) is 14.8. The number of fused-ring (bicyclic) bond motifs is 1. The number of aromatic nitrogens is 2. The van der Waals surface area contributed by atoms with E-state index < -0.39 is 0 Å². The zero-order valence-corrected chi connectivity index (χ0v) is 12.8. The van der Waals surface area contributed by atoms with Crippen LogP contribution < -0.4 is 16.0 Å². The smallest absolute Gasteiger partial charge is 0.226 e. The number of amides is 1. The van der Waals surface area contributed by atoms with Gasteiger partial charge in [-0.05, 0) is 31.2 Å². The molecule has 112 valence electrons. The third kappa shape index (κ3) is 2.78. The topological polar surface area (TPSA) is 84.1 Å². The van der Waals surface area contributed by atoms with Crippen molar-refractivity contribution < 1.29 is 4.79 Å². The Labute approximate surface area is 127 Å². The molecule has 3 heterocycles. The quantitative estimate of drug-likeness (QED) is 0.900. The summed E-state index contributed by atoms with van der Waals surface area (Å²) in [6.07, 6.45) is 1.82. The Morgan fingerprint density at radius 3 is 3.19 bits per heavy atom. The Bertz CT molecular complexity index is 656. The summed E-state index contributed by atoms with van der Waals surface area (Å²) in [4.78, 5) is 23.8. The van der Waals surface area contributed by atoms with E-state index >= 15 is 0 Å². The first-order valence-corrected chi connectivity index (χ1v) is 8.10. The van der Waals surface area contributed by atoms with Crippen molar-refractivity contribution in [1.82, 2.24) is 9.97 Å². The highest BCUT2D eigenvalue weighted by atomic mass is 32.1. The lowest BCUT2D eigenvalue weighted by Gasteiger charge is -2.32. The lowest BCUT2D eigenvalue weighted by molar-refractivity contribution is -0.122. The molecule has 1 unspecified atom stereocenters. The average Bonchev–Trinajstić information content (AvgIpc) is 2.95. The predicted octanol–water partition coefficient (Wildman–Crippen LogP) is 1.82. The number of hydrogen-bond acceptors (Lipinski definition) is 6. The Morgan fingerprint density at radius 2 is 2.43 bits per heavy atom. The molecule has 0 bridgehead atoms. The minimum Gasteiger partial charge on any atom is -0.369 e. The van der Waals surface area contributed by atoms with Crippen LogP contribution in [0.3, 0.4) is 0 Å². The molecule has 0 saturated carbocycles. The van der Waals surface area contributed by atoms with E-state index in [0.717, 1.165) is 42.0 Å². The summed E-state index contributed by atoms with van der Waals surface area (Å²) in [6.45, 7) is 4.34. The summed E-state index contributed by atoms with van der Waals surface area (Å²) in [5.41, 5.74) is 5.47. The van der Waals surface area contributed by atoms with Gasteiger partial charge < -0.3 is 16.0 Å². The van der Waals surface area contributed by atoms with Gasteiger partial charge in [-0.15, -0.1) is 11.3 Å². The molecular weight excluding hydrogens is 286 g/mol. The highest BCUT2D eigenvalue weighted by molar-refractivity contribution is 7.16. The van der Waals surface area contributed by atoms with Gasteiger partial charge in [0.1, 0.15) is 10.6 Å². The fourth-order valence-corrected chi connectivity index (χ4v) is 3.48. The second kappa shape index (κ2) is 5.85. The van der Waals surface area contributed by atoms with E-state index in [1.165, 1.54) is 0 Å². The third-order valence-electron chi connectivity index (χ3n) is 3.76. The average molecular weight is 305 g/mol. The van der Waals surface area contributed by atoms with Gasteiger partial charge in [0, 0.05) is 19.6 Å². The number of rotatable bonds is 4. The molecule has 1 amide bonds. The van der Waals surface area contributed by atoms with Gasteiger partial charge in [0.2, 0.25) is 11.9 Å². The Balaban J connectivity index is 1.97. The van der Waals surface area contributed by atoms with Gasteiger partial charge in [0.05, 0.1) is 11.3 Å². The largest absolute Gasteiger partial charge is 0.369 e. The molecule has 0 aliphatic carbocycles. The number of hydrogen-bond donors (Lipinski definition) is 2. The molecule has 1 aliphatic heterocycles. The predicted molar refractivity (Wildman–Crippen MR) is 85.7 cm³/mol. The van der Waals surface area contributed by atoms with Gasteiger partial charge >= 0.3 is 0 Å². The molecule has 1 fully saturated rings. The summed E-state index contributed by atoms with van der Waals surface area (Å²) in [5, 5.41) is 6.24. The Morgan fingerprint density at radius 1 is 1.57 bits per heavy atom. The summed E-state index contributed by atoms with van der Waals surface area (Å²) in [6, 6.07) is 2.04. The van der Waals surface area contributed by atoms with E-state index in [2.05, 4.69) is 20.2 Å². The van der Waals surface area contributed by atoms with E-state index in [4.69, 9.17) is 5.73 Å². The van der Waals surface area contributed by atoms with Crippen molar-refractivity contribution in [2.45, 2.75) is 19.8 Å². The number of anilines is 2. The zero-order valence-electron chi connectivity index (χ0n) is 12.0. The molecule has 3 N–H and O–H groups in total. The molecular formula is C14H19N5OS. The second-order valence-electron chi connectivity index (χ2n) is 5.23. The van der Waals surface area contributed by atoms with Crippen molar-refractivity contribution in [2.24, 2.45) is 11.7 Å². The van der Waals surface area contributed by atoms with Crippen molar-refractivity contribution in [2.75, 3.05) is 29.9 Å². The molecule has 6 nitrogen and oxygen atoms in total. The van der Waals surface area contributed by atoms with Crippen LogP contribution in [0.25, 0.3) is 10.2 Å². The van der Waals surface area contributed by atoms with Gasteiger partial charge in [-0.1, -0.05) is 0 Å². The van der Waals surface area contributed by atoms with Crippen LogP contribution in [0.2, 0.25) is 0 Å². The fourth-order valence-electron chi connectivity index (χ4n) is 2.72. The molecule has 1 saturated heterocycles. The van der Waals surface area contributed by atoms with Crippen molar-refractivity contribution in [3.63, 3.8) is 0 Å². The monoisotopic (exact) mass is 305 g/mol. The number of piperidine rings is 1.